The van der Waals surface area contributed by atoms with Crippen LogP contribution in [-0.2, 0) is 23.8 Å². The standard InChI is InChI=1S/C18H32O6/c1-6-14(5)18(21)24-12-11-22-16(15(19)7-2)9-8-10-23-17(20)13(3)4/h14-16,19H,3,6-12H2,1-2,4-5H3. The first-order valence-electron chi connectivity index (χ1n) is 8.62. The summed E-state index contributed by atoms with van der Waals surface area (Å²) in [7, 11) is 0. The second-order valence-corrected chi connectivity index (χ2v) is 5.92. The molecule has 0 aromatic carbocycles. The number of rotatable bonds is 13. The van der Waals surface area contributed by atoms with Crippen LogP contribution in [0.5, 0.6) is 0 Å². The van der Waals surface area contributed by atoms with Crippen LogP contribution >= 0.6 is 0 Å². The zero-order chi connectivity index (χ0) is 18.5. The molecule has 0 amide bonds. The van der Waals surface area contributed by atoms with Gasteiger partial charge in [0.05, 0.1) is 31.3 Å². The molecule has 0 bridgehead atoms. The summed E-state index contributed by atoms with van der Waals surface area (Å²) in [5.41, 5.74) is 0.361. The Morgan fingerprint density at radius 1 is 1.08 bits per heavy atom. The van der Waals surface area contributed by atoms with Gasteiger partial charge in [0.2, 0.25) is 0 Å². The van der Waals surface area contributed by atoms with E-state index in [1.807, 2.05) is 20.8 Å². The molecule has 6 nitrogen and oxygen atoms in total. The van der Waals surface area contributed by atoms with Crippen molar-refractivity contribution in [2.24, 2.45) is 5.92 Å². The Morgan fingerprint density at radius 2 is 1.75 bits per heavy atom. The van der Waals surface area contributed by atoms with Gasteiger partial charge in [0, 0.05) is 5.57 Å². The number of carbonyl (C=O) groups excluding carboxylic acids is 2. The van der Waals surface area contributed by atoms with E-state index in [1.54, 1.807) is 6.92 Å². The smallest absolute Gasteiger partial charge is 0.333 e. The van der Waals surface area contributed by atoms with Crippen molar-refractivity contribution >= 4 is 11.9 Å². The van der Waals surface area contributed by atoms with Gasteiger partial charge in [-0.25, -0.2) is 4.79 Å². The molecule has 1 N–H and O–H groups in total. The lowest BCUT2D eigenvalue weighted by molar-refractivity contribution is -0.151. The van der Waals surface area contributed by atoms with Crippen LogP contribution in [0.2, 0.25) is 0 Å². The van der Waals surface area contributed by atoms with E-state index in [0.29, 0.717) is 24.8 Å². The molecule has 0 rings (SSSR count). The third-order valence-electron chi connectivity index (χ3n) is 3.74. The minimum absolute atomic E-state index is 0.120. The number of aliphatic hydroxyl groups is 1. The quantitative estimate of drug-likeness (QED) is 0.314. The van der Waals surface area contributed by atoms with Gasteiger partial charge in [0.1, 0.15) is 6.61 Å². The van der Waals surface area contributed by atoms with Gasteiger partial charge in [-0.1, -0.05) is 27.4 Å². The van der Waals surface area contributed by atoms with E-state index in [-0.39, 0.29) is 37.8 Å². The summed E-state index contributed by atoms with van der Waals surface area (Å²) < 4.78 is 15.8. The van der Waals surface area contributed by atoms with Gasteiger partial charge in [-0.15, -0.1) is 0 Å². The molecule has 0 aliphatic carbocycles. The number of aliphatic hydroxyl groups excluding tert-OH is 1. The third kappa shape index (κ3) is 9.67. The Kier molecular flexibility index (Phi) is 12.2. The number of carbonyl (C=O) groups is 2. The predicted octanol–water partition coefficient (Wildman–Crippen LogP) is 2.63. The molecule has 0 fully saturated rings. The number of ether oxygens (including phenoxy) is 3. The maximum Gasteiger partial charge on any atom is 0.333 e. The molecule has 6 heteroatoms. The maximum atomic E-state index is 11.6. The summed E-state index contributed by atoms with van der Waals surface area (Å²) in [6.45, 7) is 11.4. The van der Waals surface area contributed by atoms with E-state index in [2.05, 4.69) is 6.58 Å². The molecule has 3 unspecified atom stereocenters. The van der Waals surface area contributed by atoms with E-state index in [9.17, 15) is 14.7 Å². The first kappa shape index (κ1) is 22.6. The van der Waals surface area contributed by atoms with Gasteiger partial charge in [0.25, 0.3) is 0 Å². The van der Waals surface area contributed by atoms with Crippen molar-refractivity contribution in [3.63, 3.8) is 0 Å². The molecule has 0 saturated heterocycles. The fraction of sp³-hybridized carbons (Fsp3) is 0.778. The summed E-state index contributed by atoms with van der Waals surface area (Å²) >= 11 is 0. The van der Waals surface area contributed by atoms with Crippen molar-refractivity contribution in [3.8, 4) is 0 Å². The Hall–Kier alpha value is -1.40. The molecule has 0 saturated carbocycles. The van der Waals surface area contributed by atoms with Gasteiger partial charge in [-0.2, -0.15) is 0 Å². The summed E-state index contributed by atoms with van der Waals surface area (Å²) in [6, 6.07) is 0. The van der Waals surface area contributed by atoms with Crippen molar-refractivity contribution in [2.75, 3.05) is 19.8 Å². The lowest BCUT2D eigenvalue weighted by Gasteiger charge is -2.22. The molecule has 0 radical (unpaired) electrons. The second kappa shape index (κ2) is 13.0. The van der Waals surface area contributed by atoms with Gasteiger partial charge < -0.3 is 19.3 Å². The normalized spacial score (nSPS) is 14.5. The summed E-state index contributed by atoms with van der Waals surface area (Å²) in [6.07, 6.45) is 1.45. The first-order valence-corrected chi connectivity index (χ1v) is 8.62. The Morgan fingerprint density at radius 3 is 2.29 bits per heavy atom. The molecule has 0 heterocycles. The SMILES string of the molecule is C=C(C)C(=O)OCCCC(OCCOC(=O)C(C)CC)C(O)CC. The van der Waals surface area contributed by atoms with Crippen LogP contribution in [-0.4, -0.2) is 49.1 Å². The van der Waals surface area contributed by atoms with Crippen LogP contribution in [0.4, 0.5) is 0 Å². The molecule has 140 valence electrons. The van der Waals surface area contributed by atoms with Crippen LogP contribution in [0, 0.1) is 5.92 Å². The van der Waals surface area contributed by atoms with Crippen LogP contribution in [0.3, 0.4) is 0 Å². The van der Waals surface area contributed by atoms with E-state index < -0.39 is 12.1 Å². The summed E-state index contributed by atoms with van der Waals surface area (Å²) in [4.78, 5) is 22.8. The monoisotopic (exact) mass is 344 g/mol. The molecule has 0 aliphatic heterocycles. The Bertz CT molecular complexity index is 393. The molecule has 0 aromatic rings. The minimum Gasteiger partial charge on any atom is -0.463 e. The summed E-state index contributed by atoms with van der Waals surface area (Å²) in [5, 5.41) is 9.99. The van der Waals surface area contributed by atoms with Gasteiger partial charge >= 0.3 is 11.9 Å². The average molecular weight is 344 g/mol. The molecule has 24 heavy (non-hydrogen) atoms. The van der Waals surface area contributed by atoms with Gasteiger partial charge in [0.15, 0.2) is 0 Å². The zero-order valence-corrected chi connectivity index (χ0v) is 15.4. The second-order valence-electron chi connectivity index (χ2n) is 5.92. The van der Waals surface area contributed by atoms with Gasteiger partial charge in [-0.3, -0.25) is 4.79 Å². The number of hydrogen-bond donors (Lipinski definition) is 1. The van der Waals surface area contributed by atoms with Crippen molar-refractivity contribution in [3.05, 3.63) is 12.2 Å². The molecule has 0 aliphatic rings. The topological polar surface area (TPSA) is 82.1 Å². The lowest BCUT2D eigenvalue weighted by atomic mass is 10.1. The highest BCUT2D eigenvalue weighted by Crippen LogP contribution is 2.11. The minimum atomic E-state index is -0.605. The largest absolute Gasteiger partial charge is 0.463 e. The molecule has 0 aromatic heterocycles. The van der Waals surface area contributed by atoms with E-state index in [1.165, 1.54) is 0 Å². The zero-order valence-electron chi connectivity index (χ0n) is 15.4. The van der Waals surface area contributed by atoms with E-state index >= 15 is 0 Å². The van der Waals surface area contributed by atoms with Crippen molar-refractivity contribution in [1.29, 1.82) is 0 Å². The lowest BCUT2D eigenvalue weighted by Crippen LogP contribution is -2.30. The predicted molar refractivity (Wildman–Crippen MR) is 91.5 cm³/mol. The van der Waals surface area contributed by atoms with Crippen LogP contribution in [0.15, 0.2) is 12.2 Å². The fourth-order valence-electron chi connectivity index (χ4n) is 1.87. The average Bonchev–Trinajstić information content (AvgIpc) is 2.57. The van der Waals surface area contributed by atoms with Crippen molar-refractivity contribution in [2.45, 2.75) is 65.6 Å². The highest BCUT2D eigenvalue weighted by molar-refractivity contribution is 5.86. The Balaban J connectivity index is 4.08. The highest BCUT2D eigenvalue weighted by atomic mass is 16.6. The molecular weight excluding hydrogens is 312 g/mol. The van der Waals surface area contributed by atoms with Crippen LogP contribution in [0.25, 0.3) is 0 Å². The Labute approximate surface area is 145 Å². The van der Waals surface area contributed by atoms with Gasteiger partial charge in [-0.05, 0) is 32.6 Å². The van der Waals surface area contributed by atoms with Crippen molar-refractivity contribution in [1.82, 2.24) is 0 Å². The fourth-order valence-corrected chi connectivity index (χ4v) is 1.87. The van der Waals surface area contributed by atoms with Crippen molar-refractivity contribution < 1.29 is 28.9 Å². The molecular formula is C18H32O6. The third-order valence-corrected chi connectivity index (χ3v) is 3.74. The molecule has 3 atom stereocenters. The highest BCUT2D eigenvalue weighted by Gasteiger charge is 2.19. The summed E-state index contributed by atoms with van der Waals surface area (Å²) in [5.74, 6) is -0.772. The number of hydrogen-bond acceptors (Lipinski definition) is 6. The maximum absolute atomic E-state index is 11.6. The van der Waals surface area contributed by atoms with E-state index in [0.717, 1.165) is 6.42 Å². The molecule has 0 spiro atoms. The number of esters is 2. The van der Waals surface area contributed by atoms with Crippen LogP contribution < -0.4 is 0 Å². The first-order chi connectivity index (χ1) is 11.3. The van der Waals surface area contributed by atoms with Crippen LogP contribution in [0.1, 0.15) is 53.4 Å². The van der Waals surface area contributed by atoms with E-state index in [4.69, 9.17) is 14.2 Å².